The molecule has 0 aliphatic heterocycles. The Hall–Kier alpha value is -2.16. The van der Waals surface area contributed by atoms with E-state index in [9.17, 15) is 8.78 Å². The minimum atomic E-state index is -0.951. The third-order valence-electron chi connectivity index (χ3n) is 4.89. The Kier molecular flexibility index (Phi) is 6.74. The van der Waals surface area contributed by atoms with Crippen LogP contribution in [0.1, 0.15) is 44.6 Å². The van der Waals surface area contributed by atoms with Gasteiger partial charge in [0.1, 0.15) is 0 Å². The Balaban J connectivity index is 2.14. The van der Waals surface area contributed by atoms with Crippen LogP contribution in [0.15, 0.2) is 49.1 Å². The van der Waals surface area contributed by atoms with Crippen LogP contribution in [-0.2, 0) is 0 Å². The highest BCUT2D eigenvalue weighted by atomic mass is 19.2. The number of rotatable bonds is 8. The fraction of sp³-hybridized carbons (Fsp3) is 0.364. The van der Waals surface area contributed by atoms with Gasteiger partial charge in [0, 0.05) is 5.56 Å². The monoisotopic (exact) mass is 344 g/mol. The van der Waals surface area contributed by atoms with Crippen molar-refractivity contribution >= 4 is 0 Å². The maximum absolute atomic E-state index is 14.2. The summed E-state index contributed by atoms with van der Waals surface area (Å²) in [6.45, 7) is 8.25. The smallest absolute Gasteiger partial charge is 0.201 e. The maximum atomic E-state index is 14.2. The Labute approximate surface area is 149 Å². The van der Waals surface area contributed by atoms with Gasteiger partial charge in [0.25, 0.3) is 0 Å². The van der Waals surface area contributed by atoms with Crippen molar-refractivity contribution in [1.82, 2.24) is 0 Å². The maximum Gasteiger partial charge on any atom is 0.201 e. The minimum Gasteiger partial charge on any atom is -0.494 e. The predicted octanol–water partition coefficient (Wildman–Crippen LogP) is 6.74. The van der Waals surface area contributed by atoms with Crippen molar-refractivity contribution in [3.63, 3.8) is 0 Å². The van der Waals surface area contributed by atoms with Gasteiger partial charge in [-0.15, -0.1) is 6.58 Å². The zero-order valence-corrected chi connectivity index (χ0v) is 15.2. The van der Waals surface area contributed by atoms with Gasteiger partial charge in [-0.05, 0) is 54.4 Å². The summed E-state index contributed by atoms with van der Waals surface area (Å²) in [4.78, 5) is 0. The van der Waals surface area contributed by atoms with Crippen molar-refractivity contribution in [3.05, 3.63) is 66.3 Å². The van der Waals surface area contributed by atoms with E-state index < -0.39 is 11.6 Å². The fourth-order valence-corrected chi connectivity index (χ4v) is 3.02. The first-order chi connectivity index (χ1) is 12.0. The molecular formula is C22H26F2O. The molecule has 0 heterocycles. The zero-order chi connectivity index (χ0) is 18.4. The molecule has 0 bridgehead atoms. The molecular weight excluding hydrogens is 318 g/mol. The highest BCUT2D eigenvalue weighted by molar-refractivity contribution is 5.65. The average molecular weight is 344 g/mol. The summed E-state index contributed by atoms with van der Waals surface area (Å²) < 4.78 is 32.9. The molecule has 0 fully saturated rings. The van der Waals surface area contributed by atoms with E-state index in [0.717, 1.165) is 19.3 Å². The van der Waals surface area contributed by atoms with Crippen molar-refractivity contribution < 1.29 is 13.5 Å². The molecule has 3 heteroatoms. The quantitative estimate of drug-likeness (QED) is 0.482. The second kappa shape index (κ2) is 8.80. The van der Waals surface area contributed by atoms with Crippen LogP contribution in [0.4, 0.5) is 8.78 Å². The van der Waals surface area contributed by atoms with Crippen LogP contribution in [0.25, 0.3) is 11.1 Å². The molecule has 134 valence electrons. The topological polar surface area (TPSA) is 9.23 Å². The van der Waals surface area contributed by atoms with Gasteiger partial charge in [-0.1, -0.05) is 44.2 Å². The van der Waals surface area contributed by atoms with Crippen molar-refractivity contribution in [1.29, 1.82) is 0 Å². The average Bonchev–Trinajstić information content (AvgIpc) is 2.64. The highest BCUT2D eigenvalue weighted by Crippen LogP contribution is 2.31. The largest absolute Gasteiger partial charge is 0.494 e. The number of hydrogen-bond acceptors (Lipinski definition) is 1. The number of ether oxygens (including phenoxy) is 1. The van der Waals surface area contributed by atoms with Gasteiger partial charge >= 0.3 is 0 Å². The number of halogens is 2. The molecule has 25 heavy (non-hydrogen) atoms. The normalized spacial score (nSPS) is 13.3. The first-order valence-corrected chi connectivity index (χ1v) is 8.76. The predicted molar refractivity (Wildman–Crippen MR) is 100.0 cm³/mol. The Morgan fingerprint density at radius 1 is 1.04 bits per heavy atom. The second-order valence-electron chi connectivity index (χ2n) is 6.45. The van der Waals surface area contributed by atoms with E-state index in [1.807, 2.05) is 30.3 Å². The number of benzene rings is 2. The van der Waals surface area contributed by atoms with E-state index in [-0.39, 0.29) is 11.3 Å². The van der Waals surface area contributed by atoms with E-state index in [1.165, 1.54) is 18.7 Å². The molecule has 2 atom stereocenters. The molecule has 0 radical (unpaired) electrons. The van der Waals surface area contributed by atoms with E-state index in [4.69, 9.17) is 4.74 Å². The minimum absolute atomic E-state index is 0.0841. The van der Waals surface area contributed by atoms with E-state index in [0.29, 0.717) is 17.4 Å². The Morgan fingerprint density at radius 2 is 1.72 bits per heavy atom. The first kappa shape index (κ1) is 19.2. The summed E-state index contributed by atoms with van der Waals surface area (Å²) >= 11 is 0. The summed E-state index contributed by atoms with van der Waals surface area (Å²) in [5, 5.41) is 0. The number of allylic oxidation sites excluding steroid dienone is 1. The van der Waals surface area contributed by atoms with Crippen molar-refractivity contribution in [2.75, 3.05) is 7.11 Å². The molecule has 2 rings (SSSR count). The SMILES string of the molecule is C=CC(CC)CC[C@H](C)c1ccc(-c2ccc(OC)c(F)c2F)cc1. The standard InChI is InChI=1S/C22H26F2O/c1-5-16(6-2)8-7-15(3)17-9-11-18(12-10-17)19-13-14-20(25-4)22(24)21(19)23/h5,9-16H,1,6-8H2,2-4H3/t15-,16?/m0/s1. The summed E-state index contributed by atoms with van der Waals surface area (Å²) in [7, 11) is 1.32. The lowest BCUT2D eigenvalue weighted by Crippen LogP contribution is -2.00. The van der Waals surface area contributed by atoms with Gasteiger partial charge in [0.05, 0.1) is 7.11 Å². The lowest BCUT2D eigenvalue weighted by Gasteiger charge is -2.16. The Bertz CT molecular complexity index is 707. The molecule has 0 aromatic heterocycles. The Morgan fingerprint density at radius 3 is 2.28 bits per heavy atom. The second-order valence-corrected chi connectivity index (χ2v) is 6.45. The van der Waals surface area contributed by atoms with Crippen LogP contribution in [-0.4, -0.2) is 7.11 Å². The van der Waals surface area contributed by atoms with Gasteiger partial charge in [0.2, 0.25) is 5.82 Å². The summed E-state index contributed by atoms with van der Waals surface area (Å²) in [5.41, 5.74) is 2.11. The van der Waals surface area contributed by atoms with Crippen LogP contribution in [0.5, 0.6) is 5.75 Å². The van der Waals surface area contributed by atoms with Crippen LogP contribution in [0, 0.1) is 17.6 Å². The molecule has 1 unspecified atom stereocenters. The highest BCUT2D eigenvalue weighted by Gasteiger charge is 2.15. The molecule has 2 aromatic carbocycles. The molecule has 2 aromatic rings. The van der Waals surface area contributed by atoms with E-state index in [2.05, 4.69) is 20.4 Å². The van der Waals surface area contributed by atoms with Crippen molar-refractivity contribution in [2.24, 2.45) is 5.92 Å². The first-order valence-electron chi connectivity index (χ1n) is 8.76. The van der Waals surface area contributed by atoms with Crippen molar-refractivity contribution in [2.45, 2.75) is 39.0 Å². The van der Waals surface area contributed by atoms with Crippen LogP contribution in [0.3, 0.4) is 0 Å². The zero-order valence-electron chi connectivity index (χ0n) is 15.2. The van der Waals surface area contributed by atoms with Crippen LogP contribution >= 0.6 is 0 Å². The number of hydrogen-bond donors (Lipinski definition) is 0. The molecule has 0 aliphatic carbocycles. The molecule has 0 spiro atoms. The fourth-order valence-electron chi connectivity index (χ4n) is 3.02. The molecule has 0 N–H and O–H groups in total. The lowest BCUT2D eigenvalue weighted by molar-refractivity contribution is 0.372. The molecule has 0 aliphatic rings. The number of methoxy groups -OCH3 is 1. The van der Waals surface area contributed by atoms with Gasteiger partial charge in [0.15, 0.2) is 11.6 Å². The van der Waals surface area contributed by atoms with E-state index >= 15 is 0 Å². The summed E-state index contributed by atoms with van der Waals surface area (Å²) in [6.07, 6.45) is 5.32. The lowest BCUT2D eigenvalue weighted by atomic mass is 9.90. The molecule has 0 amide bonds. The van der Waals surface area contributed by atoms with Crippen LogP contribution < -0.4 is 4.74 Å². The summed E-state index contributed by atoms with van der Waals surface area (Å²) in [6, 6.07) is 10.7. The van der Waals surface area contributed by atoms with Crippen molar-refractivity contribution in [3.8, 4) is 16.9 Å². The van der Waals surface area contributed by atoms with E-state index in [1.54, 1.807) is 6.07 Å². The van der Waals surface area contributed by atoms with Gasteiger partial charge in [-0.2, -0.15) is 4.39 Å². The third kappa shape index (κ3) is 4.47. The molecule has 0 saturated heterocycles. The summed E-state index contributed by atoms with van der Waals surface area (Å²) in [5.74, 6) is -0.942. The van der Waals surface area contributed by atoms with Crippen LogP contribution in [0.2, 0.25) is 0 Å². The van der Waals surface area contributed by atoms with Gasteiger partial charge in [-0.3, -0.25) is 0 Å². The third-order valence-corrected chi connectivity index (χ3v) is 4.89. The molecule has 0 saturated carbocycles. The molecule has 1 nitrogen and oxygen atoms in total. The van der Waals surface area contributed by atoms with Gasteiger partial charge in [-0.25, -0.2) is 4.39 Å². The van der Waals surface area contributed by atoms with Gasteiger partial charge < -0.3 is 4.74 Å².